The Balaban J connectivity index is 0.00000162. The van der Waals surface area contributed by atoms with Gasteiger partial charge in [0.1, 0.15) is 0 Å². The minimum Gasteiger partial charge on any atom is -0.326 e. The monoisotopic (exact) mass is 398 g/mol. The van der Waals surface area contributed by atoms with Gasteiger partial charge in [-0.2, -0.15) is 11.8 Å². The zero-order valence-corrected chi connectivity index (χ0v) is 13.6. The van der Waals surface area contributed by atoms with Gasteiger partial charge in [-0.3, -0.25) is 4.79 Å². The molecule has 0 bridgehead atoms. The Hall–Kier alpha value is 0.0200. The number of benzene rings is 1. The average molecular weight is 399 g/mol. The van der Waals surface area contributed by atoms with Crippen LogP contribution < -0.4 is 10.6 Å². The van der Waals surface area contributed by atoms with Gasteiger partial charge in [-0.15, -0.1) is 12.4 Å². The molecule has 0 spiro atoms. The summed E-state index contributed by atoms with van der Waals surface area (Å²) < 4.78 is 1.17. The van der Waals surface area contributed by atoms with E-state index in [0.29, 0.717) is 12.5 Å². The number of rotatable bonds is 3. The first-order valence-electron chi connectivity index (χ1n) is 5.60. The third-order valence-electron chi connectivity index (χ3n) is 2.56. The van der Waals surface area contributed by atoms with Crippen molar-refractivity contribution in [2.75, 3.05) is 23.4 Å². The van der Waals surface area contributed by atoms with Gasteiger partial charge in [-0.1, -0.05) is 0 Å². The van der Waals surface area contributed by atoms with Gasteiger partial charge in [0.05, 0.1) is 0 Å². The highest BCUT2D eigenvalue weighted by Crippen LogP contribution is 2.13. The van der Waals surface area contributed by atoms with Crippen LogP contribution in [0.25, 0.3) is 0 Å². The van der Waals surface area contributed by atoms with E-state index in [2.05, 4.69) is 33.2 Å². The van der Waals surface area contributed by atoms with Crippen LogP contribution in [0.3, 0.4) is 0 Å². The van der Waals surface area contributed by atoms with Crippen LogP contribution in [0, 0.1) is 3.57 Å². The lowest BCUT2D eigenvalue weighted by atomic mass is 10.2. The Morgan fingerprint density at radius 2 is 2.17 bits per heavy atom. The molecule has 1 amide bonds. The quantitative estimate of drug-likeness (QED) is 0.769. The van der Waals surface area contributed by atoms with Crippen LogP contribution in [-0.2, 0) is 4.79 Å². The lowest BCUT2D eigenvalue weighted by Gasteiger charge is -2.22. The smallest absolute Gasteiger partial charge is 0.225 e. The number of hydrogen-bond acceptors (Lipinski definition) is 3. The van der Waals surface area contributed by atoms with Crippen molar-refractivity contribution in [3.63, 3.8) is 0 Å². The number of carbonyl (C=O) groups is 1. The summed E-state index contributed by atoms with van der Waals surface area (Å²) >= 11 is 4.16. The van der Waals surface area contributed by atoms with Crippen LogP contribution in [0.4, 0.5) is 5.69 Å². The maximum absolute atomic E-state index is 11.8. The van der Waals surface area contributed by atoms with Gasteiger partial charge in [-0.25, -0.2) is 0 Å². The first-order chi connectivity index (χ1) is 8.24. The van der Waals surface area contributed by atoms with Gasteiger partial charge >= 0.3 is 0 Å². The maximum Gasteiger partial charge on any atom is 0.225 e. The molecular formula is C12H16ClIN2OS. The lowest BCUT2D eigenvalue weighted by Crippen LogP contribution is -2.39. The van der Waals surface area contributed by atoms with E-state index in [0.717, 1.165) is 23.7 Å². The molecule has 18 heavy (non-hydrogen) atoms. The molecule has 1 aromatic rings. The molecule has 0 radical (unpaired) electrons. The van der Waals surface area contributed by atoms with Gasteiger partial charge < -0.3 is 10.6 Å². The molecule has 0 aromatic heterocycles. The summed E-state index contributed by atoms with van der Waals surface area (Å²) in [6, 6.07) is 8.17. The van der Waals surface area contributed by atoms with E-state index in [4.69, 9.17) is 0 Å². The summed E-state index contributed by atoms with van der Waals surface area (Å²) in [6.07, 6.45) is 0.555. The molecule has 3 nitrogen and oxygen atoms in total. The highest BCUT2D eigenvalue weighted by atomic mass is 127. The number of hydrogen-bond donors (Lipinski definition) is 2. The Morgan fingerprint density at radius 3 is 2.78 bits per heavy atom. The topological polar surface area (TPSA) is 41.1 Å². The number of halogens is 2. The van der Waals surface area contributed by atoms with Crippen molar-refractivity contribution >= 4 is 58.4 Å². The Kier molecular flexibility index (Phi) is 7.36. The molecule has 1 heterocycles. The number of nitrogens with one attached hydrogen (secondary N) is 2. The summed E-state index contributed by atoms with van der Waals surface area (Å²) in [5.74, 6) is 2.27. The van der Waals surface area contributed by atoms with Crippen LogP contribution >= 0.6 is 46.8 Å². The lowest BCUT2D eigenvalue weighted by molar-refractivity contribution is -0.116. The van der Waals surface area contributed by atoms with E-state index in [1.54, 1.807) is 0 Å². The SMILES string of the molecule is Cl.O=C(CC1CSCCN1)Nc1ccc(I)cc1. The Bertz CT molecular complexity index is 382. The predicted octanol–water partition coefficient (Wildman–Crippen LogP) is 2.75. The highest BCUT2D eigenvalue weighted by Gasteiger charge is 2.16. The molecule has 0 aliphatic carbocycles. The zero-order valence-electron chi connectivity index (χ0n) is 9.82. The van der Waals surface area contributed by atoms with Crippen molar-refractivity contribution in [3.05, 3.63) is 27.8 Å². The summed E-state index contributed by atoms with van der Waals surface area (Å²) in [5.41, 5.74) is 0.874. The van der Waals surface area contributed by atoms with Crippen molar-refractivity contribution in [2.45, 2.75) is 12.5 Å². The second-order valence-corrected chi connectivity index (χ2v) is 6.38. The molecule has 1 aliphatic rings. The van der Waals surface area contributed by atoms with E-state index >= 15 is 0 Å². The van der Waals surface area contributed by atoms with Gasteiger partial charge in [0.15, 0.2) is 0 Å². The minimum atomic E-state index is 0. The van der Waals surface area contributed by atoms with E-state index in [-0.39, 0.29) is 18.3 Å². The second-order valence-electron chi connectivity index (χ2n) is 3.99. The van der Waals surface area contributed by atoms with Crippen molar-refractivity contribution < 1.29 is 4.79 Å². The highest BCUT2D eigenvalue weighted by molar-refractivity contribution is 14.1. The molecule has 2 rings (SSSR count). The second kappa shape index (κ2) is 8.24. The Labute approximate surface area is 131 Å². The van der Waals surface area contributed by atoms with Crippen LogP contribution in [0.5, 0.6) is 0 Å². The Morgan fingerprint density at radius 1 is 1.44 bits per heavy atom. The van der Waals surface area contributed by atoms with Crippen molar-refractivity contribution in [2.24, 2.45) is 0 Å². The molecule has 6 heteroatoms. The van der Waals surface area contributed by atoms with Gasteiger partial charge in [0.2, 0.25) is 5.91 Å². The van der Waals surface area contributed by atoms with Crippen LogP contribution in [-0.4, -0.2) is 30.0 Å². The van der Waals surface area contributed by atoms with Gasteiger partial charge in [0, 0.05) is 39.8 Å². The van der Waals surface area contributed by atoms with E-state index in [1.807, 2.05) is 36.0 Å². The van der Waals surface area contributed by atoms with E-state index < -0.39 is 0 Å². The van der Waals surface area contributed by atoms with E-state index in [1.165, 1.54) is 3.57 Å². The summed E-state index contributed by atoms with van der Waals surface area (Å²) in [5, 5.41) is 6.29. The summed E-state index contributed by atoms with van der Waals surface area (Å²) in [6.45, 7) is 1.01. The number of thioether (sulfide) groups is 1. The third kappa shape index (κ3) is 5.34. The molecule has 1 aromatic carbocycles. The standard InChI is InChI=1S/C12H15IN2OS.ClH/c13-9-1-3-10(4-2-9)15-12(16)7-11-8-17-6-5-14-11;/h1-4,11,14H,5-8H2,(H,15,16);1H. The molecule has 100 valence electrons. The number of amides is 1. The molecule has 1 saturated heterocycles. The van der Waals surface area contributed by atoms with Crippen LogP contribution in [0.2, 0.25) is 0 Å². The zero-order chi connectivity index (χ0) is 12.1. The fourth-order valence-corrected chi connectivity index (χ4v) is 3.03. The largest absolute Gasteiger partial charge is 0.326 e. The predicted molar refractivity (Wildman–Crippen MR) is 88.8 cm³/mol. The fraction of sp³-hybridized carbons (Fsp3) is 0.417. The first kappa shape index (κ1) is 16.1. The van der Waals surface area contributed by atoms with Gasteiger partial charge in [0.25, 0.3) is 0 Å². The molecule has 1 unspecified atom stereocenters. The molecular weight excluding hydrogens is 383 g/mol. The van der Waals surface area contributed by atoms with Crippen molar-refractivity contribution in [1.29, 1.82) is 0 Å². The normalized spacial score (nSPS) is 18.8. The number of anilines is 1. The first-order valence-corrected chi connectivity index (χ1v) is 7.84. The number of carbonyl (C=O) groups excluding carboxylic acids is 1. The van der Waals surface area contributed by atoms with Crippen molar-refractivity contribution in [3.8, 4) is 0 Å². The van der Waals surface area contributed by atoms with Gasteiger partial charge in [-0.05, 0) is 46.9 Å². The molecule has 2 N–H and O–H groups in total. The molecule has 1 aliphatic heterocycles. The fourth-order valence-electron chi connectivity index (χ4n) is 1.72. The molecule has 1 fully saturated rings. The van der Waals surface area contributed by atoms with Crippen molar-refractivity contribution in [1.82, 2.24) is 5.32 Å². The summed E-state index contributed by atoms with van der Waals surface area (Å²) in [4.78, 5) is 11.8. The van der Waals surface area contributed by atoms with Crippen LogP contribution in [0.15, 0.2) is 24.3 Å². The van der Waals surface area contributed by atoms with E-state index in [9.17, 15) is 4.79 Å². The third-order valence-corrected chi connectivity index (χ3v) is 4.41. The average Bonchev–Trinajstić information content (AvgIpc) is 2.33. The molecule has 0 saturated carbocycles. The molecule has 1 atom stereocenters. The summed E-state index contributed by atoms with van der Waals surface area (Å²) in [7, 11) is 0. The minimum absolute atomic E-state index is 0. The van der Waals surface area contributed by atoms with Crippen LogP contribution in [0.1, 0.15) is 6.42 Å². The maximum atomic E-state index is 11.8.